The van der Waals surface area contributed by atoms with Gasteiger partial charge in [0.15, 0.2) is 17.7 Å². The molecule has 1 aliphatic heterocycles. The van der Waals surface area contributed by atoms with Crippen LogP contribution in [0.3, 0.4) is 0 Å². The molecule has 2 aromatic heterocycles. The molecule has 3 unspecified atom stereocenters. The van der Waals surface area contributed by atoms with E-state index in [-0.39, 0.29) is 41.6 Å². The van der Waals surface area contributed by atoms with Crippen LogP contribution in [0.1, 0.15) is 60.1 Å². The van der Waals surface area contributed by atoms with Crippen LogP contribution in [0, 0.1) is 5.41 Å². The third kappa shape index (κ3) is 16.4. The number of imidazole rings is 1. The van der Waals surface area contributed by atoms with E-state index in [9.17, 15) is 57.9 Å². The van der Waals surface area contributed by atoms with Crippen molar-refractivity contribution in [1.29, 1.82) is 0 Å². The molecule has 1 saturated heterocycles. The van der Waals surface area contributed by atoms with Crippen molar-refractivity contribution in [3.05, 3.63) is 36.0 Å². The summed E-state index contributed by atoms with van der Waals surface area (Å²) >= 11 is 1.05. The molecule has 10 N–H and O–H groups in total. The minimum absolute atomic E-state index is 0.0299. The van der Waals surface area contributed by atoms with Crippen molar-refractivity contribution in [2.24, 2.45) is 5.41 Å². The average molecular weight is 918 g/mol. The van der Waals surface area contributed by atoms with Gasteiger partial charge in [0.1, 0.15) is 36.3 Å². The second kappa shape index (κ2) is 21.7. The van der Waals surface area contributed by atoms with E-state index in [4.69, 9.17) is 19.5 Å². The number of carbonyl (C=O) groups is 3. The number of nitrogen functional groups attached to an aromatic ring is 1. The molecule has 3 heterocycles. The lowest BCUT2D eigenvalue weighted by molar-refractivity contribution is -0.137. The van der Waals surface area contributed by atoms with E-state index >= 15 is 0 Å². The van der Waals surface area contributed by atoms with Crippen LogP contribution in [-0.2, 0) is 50.7 Å². The molecule has 3 rings (SSSR count). The fraction of sp³-hybridized carbons (Fsp3) is 0.613. The molecule has 0 spiro atoms. The number of aliphatic hydroxyl groups is 2. The Morgan fingerprint density at radius 2 is 1.71 bits per heavy atom. The molecule has 2 amide bonds. The van der Waals surface area contributed by atoms with Crippen LogP contribution in [0.25, 0.3) is 11.2 Å². The molecule has 0 saturated carbocycles. The second-order valence-corrected chi connectivity index (χ2v) is 19.4. The lowest BCUT2D eigenvalue weighted by atomic mass is 9.87. The van der Waals surface area contributed by atoms with E-state index in [1.165, 1.54) is 19.4 Å². The van der Waals surface area contributed by atoms with Crippen molar-refractivity contribution >= 4 is 69.1 Å². The number of allylic oxidation sites excluding steroid dienone is 3. The third-order valence-corrected chi connectivity index (χ3v) is 12.1. The fourth-order valence-corrected chi connectivity index (χ4v) is 8.70. The topological polar surface area (TPSA) is 364 Å². The molecule has 7 atom stereocenters. The number of aromatic nitrogens is 4. The lowest BCUT2D eigenvalue weighted by Gasteiger charge is -2.30. The maximum absolute atomic E-state index is 12.7. The second-order valence-electron chi connectivity index (χ2n) is 14.0. The lowest BCUT2D eigenvalue weighted by Crippen LogP contribution is -2.46. The molecule has 0 radical (unpaired) electrons. The van der Waals surface area contributed by atoms with Gasteiger partial charge in [-0.25, -0.2) is 28.6 Å². The van der Waals surface area contributed by atoms with Crippen LogP contribution in [0.15, 0.2) is 36.0 Å². The molecular formula is C31H50N7O17P3S. The molecule has 0 bridgehead atoms. The van der Waals surface area contributed by atoms with E-state index in [0.717, 1.165) is 47.4 Å². The molecule has 0 aliphatic carbocycles. The van der Waals surface area contributed by atoms with Crippen molar-refractivity contribution < 1.29 is 80.5 Å². The predicted molar refractivity (Wildman–Crippen MR) is 210 cm³/mol. The summed E-state index contributed by atoms with van der Waals surface area (Å²) in [6.07, 6.45) is -1.68. The number of hydrogen-bond acceptors (Lipinski definition) is 18. The Kier molecular flexibility index (Phi) is 18.5. The zero-order valence-electron chi connectivity index (χ0n) is 32.6. The van der Waals surface area contributed by atoms with Gasteiger partial charge in [0.25, 0.3) is 0 Å². The zero-order chi connectivity index (χ0) is 44.3. The Morgan fingerprint density at radius 1 is 1.03 bits per heavy atom. The fourth-order valence-electron chi connectivity index (χ4n) is 5.19. The number of carbonyl (C=O) groups excluding carboxylic acids is 3. The van der Waals surface area contributed by atoms with Gasteiger partial charge in [-0.05, 0) is 39.7 Å². The Morgan fingerprint density at radius 3 is 2.37 bits per heavy atom. The summed E-state index contributed by atoms with van der Waals surface area (Å²) in [6, 6.07) is 0. The third-order valence-electron chi connectivity index (χ3n) is 8.20. The Hall–Kier alpha value is -2.96. The molecular weight excluding hydrogens is 867 g/mol. The summed E-state index contributed by atoms with van der Waals surface area (Å²) in [5, 5.41) is 26.3. The van der Waals surface area contributed by atoms with E-state index in [1.807, 2.05) is 20.8 Å². The molecule has 24 nitrogen and oxygen atoms in total. The molecule has 0 aromatic carbocycles. The Labute approximate surface area is 342 Å². The zero-order valence-corrected chi connectivity index (χ0v) is 36.1. The number of nitrogens with two attached hydrogens (primary N) is 1. The van der Waals surface area contributed by atoms with E-state index in [1.54, 1.807) is 6.08 Å². The van der Waals surface area contributed by atoms with E-state index in [0.29, 0.717) is 5.75 Å². The number of ether oxygens (including phenoxy) is 1. The maximum Gasteiger partial charge on any atom is 0.481 e. The molecule has 1 aliphatic rings. The number of thioether (sulfide) groups is 1. The minimum Gasteiger partial charge on any atom is -0.386 e. The number of fused-ring (bicyclic) bond motifs is 1. The number of phosphoric acid groups is 3. The SMILES string of the molecule is CC(C)=CCC/C(C)=C\C(=O)SCCNC(=O)CCNC(=O)C(O)C(C)(C)COP(=O)(O)OP(=O)(O)OC[C@H]1O[C@@H](n2cnc3c(N)ncnc32)[C@H](O)[C@@H]1OP(=O)(O)O. The van der Waals surface area contributed by atoms with Crippen LogP contribution in [0.4, 0.5) is 5.82 Å². The van der Waals surface area contributed by atoms with Crippen molar-refractivity contribution in [2.75, 3.05) is 37.8 Å². The molecule has 28 heteroatoms. The van der Waals surface area contributed by atoms with Crippen molar-refractivity contribution in [3.8, 4) is 0 Å². The Balaban J connectivity index is 1.45. The van der Waals surface area contributed by atoms with Crippen LogP contribution in [0.5, 0.6) is 0 Å². The van der Waals surface area contributed by atoms with Gasteiger partial charge >= 0.3 is 23.5 Å². The van der Waals surface area contributed by atoms with Gasteiger partial charge in [-0.3, -0.25) is 32.5 Å². The summed E-state index contributed by atoms with van der Waals surface area (Å²) in [5.41, 5.74) is 6.40. The molecule has 2 aromatic rings. The quantitative estimate of drug-likeness (QED) is 0.0329. The molecule has 332 valence electrons. The number of aliphatic hydroxyl groups excluding tert-OH is 2. The van der Waals surface area contributed by atoms with Crippen LogP contribution < -0.4 is 16.4 Å². The number of rotatable bonds is 23. The average Bonchev–Trinajstić information content (AvgIpc) is 3.67. The first kappa shape index (κ1) is 50.4. The molecule has 59 heavy (non-hydrogen) atoms. The van der Waals surface area contributed by atoms with Crippen LogP contribution in [0.2, 0.25) is 0 Å². The standard InChI is InChI=1S/C31H50N7O17P3S/c1-18(2)7-6-8-19(3)13-22(40)59-12-11-33-21(39)9-10-34-29(43)26(42)31(4,5)15-52-58(49,50)55-57(47,48)51-14-20-25(54-56(44,45)46)24(41)30(53-20)38-17-37-23-27(32)35-16-36-28(23)38/h7,13,16-17,20,24-26,30,41-42H,6,8-12,14-15H2,1-5H3,(H,33,39)(H,34,43)(H,47,48)(H,49,50)(H2,32,35,36)(H2,44,45,46)/b19-13-/t20-,24-,25-,26?,30-/m1/s1. The number of hydrogen-bond donors (Lipinski definition) is 9. The van der Waals surface area contributed by atoms with Gasteiger partial charge in [0.05, 0.1) is 19.5 Å². The van der Waals surface area contributed by atoms with Gasteiger partial charge < -0.3 is 50.9 Å². The first-order valence-electron chi connectivity index (χ1n) is 17.7. The largest absolute Gasteiger partial charge is 0.481 e. The summed E-state index contributed by atoms with van der Waals surface area (Å²) in [5.74, 6) is -1.14. The first-order valence-corrected chi connectivity index (χ1v) is 23.2. The molecule has 1 fully saturated rings. The summed E-state index contributed by atoms with van der Waals surface area (Å²) in [4.78, 5) is 87.9. The predicted octanol–water partition coefficient (Wildman–Crippen LogP) is 1.36. The van der Waals surface area contributed by atoms with Gasteiger partial charge in [-0.15, -0.1) is 0 Å². The summed E-state index contributed by atoms with van der Waals surface area (Å²) in [6.45, 7) is 6.34. The van der Waals surface area contributed by atoms with Crippen molar-refractivity contribution in [3.63, 3.8) is 0 Å². The number of nitrogens with one attached hydrogen (secondary N) is 2. The normalized spacial score (nSPS) is 21.4. The van der Waals surface area contributed by atoms with Crippen LogP contribution >= 0.6 is 35.2 Å². The maximum atomic E-state index is 12.7. The number of phosphoric ester groups is 3. The van der Waals surface area contributed by atoms with Crippen LogP contribution in [-0.4, -0.2) is 123 Å². The first-order chi connectivity index (χ1) is 27.3. The van der Waals surface area contributed by atoms with Crippen molar-refractivity contribution in [2.45, 2.75) is 84.5 Å². The van der Waals surface area contributed by atoms with E-state index in [2.05, 4.69) is 40.5 Å². The highest BCUT2D eigenvalue weighted by Crippen LogP contribution is 2.61. The monoisotopic (exact) mass is 917 g/mol. The highest BCUT2D eigenvalue weighted by Gasteiger charge is 2.50. The number of anilines is 1. The number of amides is 2. The summed E-state index contributed by atoms with van der Waals surface area (Å²) < 4.78 is 62.2. The highest BCUT2D eigenvalue weighted by atomic mass is 32.2. The smallest absolute Gasteiger partial charge is 0.386 e. The minimum atomic E-state index is -5.57. The van der Waals surface area contributed by atoms with Crippen molar-refractivity contribution in [1.82, 2.24) is 30.2 Å². The van der Waals surface area contributed by atoms with Gasteiger partial charge in [-0.1, -0.05) is 42.8 Å². The van der Waals surface area contributed by atoms with E-state index < -0.39 is 84.6 Å². The van der Waals surface area contributed by atoms with Gasteiger partial charge in [0, 0.05) is 30.7 Å². The number of nitrogens with zero attached hydrogens (tertiary/aromatic N) is 4. The van der Waals surface area contributed by atoms with Gasteiger partial charge in [0.2, 0.25) is 16.9 Å². The van der Waals surface area contributed by atoms with Gasteiger partial charge in [-0.2, -0.15) is 4.31 Å². The highest BCUT2D eigenvalue weighted by molar-refractivity contribution is 8.14. The summed E-state index contributed by atoms with van der Waals surface area (Å²) in [7, 11) is -16.4. The Bertz CT molecular complexity index is 2010.